The first kappa shape index (κ1) is 12.7. The van der Waals surface area contributed by atoms with E-state index in [-0.39, 0.29) is 17.8 Å². The largest absolute Gasteiger partial charge is 0.488 e. The highest BCUT2D eigenvalue weighted by Crippen LogP contribution is 2.28. The van der Waals surface area contributed by atoms with E-state index in [9.17, 15) is 9.90 Å². The molecular weight excluding hydrogens is 234 g/mol. The number of aliphatic hydroxyl groups is 1. The van der Waals surface area contributed by atoms with Crippen LogP contribution in [0.2, 0.25) is 0 Å². The van der Waals surface area contributed by atoms with Crippen LogP contribution in [0, 0.1) is 0 Å². The summed E-state index contributed by atoms with van der Waals surface area (Å²) in [4.78, 5) is 10.8. The zero-order chi connectivity index (χ0) is 13.1. The highest BCUT2D eigenvalue weighted by atomic mass is 16.5. The lowest BCUT2D eigenvalue weighted by Gasteiger charge is -2.27. The van der Waals surface area contributed by atoms with Crippen LogP contribution in [0.4, 0.5) is 5.69 Å². The molecule has 2 rings (SSSR count). The van der Waals surface area contributed by atoms with Gasteiger partial charge in [-0.05, 0) is 37.5 Å². The van der Waals surface area contributed by atoms with Crippen LogP contribution < -0.4 is 10.5 Å². The van der Waals surface area contributed by atoms with Crippen molar-refractivity contribution in [3.63, 3.8) is 0 Å². The number of carboxylic acid groups (broad SMARTS) is 1. The van der Waals surface area contributed by atoms with Crippen molar-refractivity contribution >= 4 is 11.7 Å². The molecule has 98 valence electrons. The number of benzene rings is 1. The molecule has 0 heterocycles. The number of rotatable bonds is 3. The van der Waals surface area contributed by atoms with Crippen LogP contribution in [-0.4, -0.2) is 28.4 Å². The third kappa shape index (κ3) is 2.92. The first-order valence-electron chi connectivity index (χ1n) is 6.04. The lowest BCUT2D eigenvalue weighted by atomic mass is 9.95. The predicted molar refractivity (Wildman–Crippen MR) is 66.7 cm³/mol. The number of nitrogens with two attached hydrogens (primary N) is 1. The van der Waals surface area contributed by atoms with Crippen molar-refractivity contribution in [3.8, 4) is 5.75 Å². The normalized spacial score (nSPS) is 23.6. The number of hydrogen-bond donors (Lipinski definition) is 3. The number of hydrogen-bond acceptors (Lipinski definition) is 4. The van der Waals surface area contributed by atoms with Crippen molar-refractivity contribution < 1.29 is 19.7 Å². The summed E-state index contributed by atoms with van der Waals surface area (Å²) < 4.78 is 5.71. The summed E-state index contributed by atoms with van der Waals surface area (Å²) >= 11 is 0. The standard InChI is InChI=1S/C13H17NO4/c14-11-6-8(13(16)17)4-5-12(11)18-10-3-1-2-9(15)7-10/h4-6,9-10,15H,1-3,7,14H2,(H,16,17). The Hall–Kier alpha value is -1.75. The summed E-state index contributed by atoms with van der Waals surface area (Å²) in [6, 6.07) is 4.42. The molecule has 0 aromatic heterocycles. The van der Waals surface area contributed by atoms with E-state index in [2.05, 4.69) is 0 Å². The van der Waals surface area contributed by atoms with Crippen LogP contribution >= 0.6 is 0 Å². The minimum Gasteiger partial charge on any atom is -0.488 e. The molecule has 1 fully saturated rings. The molecule has 2 unspecified atom stereocenters. The van der Waals surface area contributed by atoms with Crippen LogP contribution in [0.5, 0.6) is 5.75 Å². The maximum atomic E-state index is 10.8. The Morgan fingerprint density at radius 2 is 2.17 bits per heavy atom. The van der Waals surface area contributed by atoms with Gasteiger partial charge in [-0.15, -0.1) is 0 Å². The van der Waals surface area contributed by atoms with E-state index in [0.717, 1.165) is 19.3 Å². The van der Waals surface area contributed by atoms with Gasteiger partial charge in [-0.2, -0.15) is 0 Å². The second-order valence-corrected chi connectivity index (χ2v) is 4.62. The van der Waals surface area contributed by atoms with Gasteiger partial charge in [0.1, 0.15) is 11.9 Å². The van der Waals surface area contributed by atoms with E-state index in [0.29, 0.717) is 17.9 Å². The molecule has 1 aliphatic rings. The van der Waals surface area contributed by atoms with Gasteiger partial charge in [0.25, 0.3) is 0 Å². The highest BCUT2D eigenvalue weighted by molar-refractivity contribution is 5.89. The fraction of sp³-hybridized carbons (Fsp3) is 0.462. The molecular formula is C13H17NO4. The Bertz CT molecular complexity index is 447. The van der Waals surface area contributed by atoms with Crippen molar-refractivity contribution in [2.45, 2.75) is 37.9 Å². The van der Waals surface area contributed by atoms with Crippen molar-refractivity contribution in [1.82, 2.24) is 0 Å². The Labute approximate surface area is 105 Å². The molecule has 1 aromatic carbocycles. The molecule has 0 saturated heterocycles. The summed E-state index contributed by atoms with van der Waals surface area (Å²) in [5, 5.41) is 18.4. The summed E-state index contributed by atoms with van der Waals surface area (Å²) in [7, 11) is 0. The lowest BCUT2D eigenvalue weighted by Crippen LogP contribution is -2.28. The second-order valence-electron chi connectivity index (χ2n) is 4.62. The van der Waals surface area contributed by atoms with Gasteiger partial charge in [0.05, 0.1) is 17.4 Å². The number of aliphatic hydroxyl groups excluding tert-OH is 1. The number of nitrogen functional groups attached to an aromatic ring is 1. The Balaban J connectivity index is 2.07. The Morgan fingerprint density at radius 3 is 2.78 bits per heavy atom. The minimum atomic E-state index is -1.01. The van der Waals surface area contributed by atoms with Gasteiger partial charge in [0, 0.05) is 6.42 Å². The van der Waals surface area contributed by atoms with Crippen LogP contribution in [0.1, 0.15) is 36.0 Å². The predicted octanol–water partition coefficient (Wildman–Crippen LogP) is 1.65. The molecule has 0 bridgehead atoms. The number of ether oxygens (including phenoxy) is 1. The molecule has 0 aliphatic heterocycles. The van der Waals surface area contributed by atoms with Crippen LogP contribution in [-0.2, 0) is 0 Å². The first-order chi connectivity index (χ1) is 8.56. The van der Waals surface area contributed by atoms with Crippen molar-refractivity contribution in [2.24, 2.45) is 0 Å². The van der Waals surface area contributed by atoms with Gasteiger partial charge in [-0.3, -0.25) is 0 Å². The molecule has 18 heavy (non-hydrogen) atoms. The number of carbonyl (C=O) groups is 1. The Kier molecular flexibility index (Phi) is 3.72. The summed E-state index contributed by atoms with van der Waals surface area (Å²) in [5.74, 6) is -0.527. The van der Waals surface area contributed by atoms with Gasteiger partial charge in [0.15, 0.2) is 0 Å². The van der Waals surface area contributed by atoms with Gasteiger partial charge in [0.2, 0.25) is 0 Å². The maximum Gasteiger partial charge on any atom is 0.335 e. The van der Waals surface area contributed by atoms with Gasteiger partial charge < -0.3 is 20.7 Å². The van der Waals surface area contributed by atoms with E-state index >= 15 is 0 Å². The molecule has 0 radical (unpaired) electrons. The average molecular weight is 251 g/mol. The smallest absolute Gasteiger partial charge is 0.335 e. The summed E-state index contributed by atoms with van der Waals surface area (Å²) in [5.41, 5.74) is 6.22. The van der Waals surface area contributed by atoms with E-state index < -0.39 is 5.97 Å². The molecule has 0 spiro atoms. The number of carboxylic acids is 1. The fourth-order valence-corrected chi connectivity index (χ4v) is 2.20. The fourth-order valence-electron chi connectivity index (χ4n) is 2.20. The average Bonchev–Trinajstić information content (AvgIpc) is 2.31. The van der Waals surface area contributed by atoms with Crippen LogP contribution in [0.25, 0.3) is 0 Å². The molecule has 1 aliphatic carbocycles. The topological polar surface area (TPSA) is 92.8 Å². The molecule has 0 amide bonds. The van der Waals surface area contributed by atoms with Gasteiger partial charge in [-0.1, -0.05) is 0 Å². The van der Waals surface area contributed by atoms with Crippen molar-refractivity contribution in [3.05, 3.63) is 23.8 Å². The van der Waals surface area contributed by atoms with Gasteiger partial charge >= 0.3 is 5.97 Å². The van der Waals surface area contributed by atoms with E-state index in [4.69, 9.17) is 15.6 Å². The minimum absolute atomic E-state index is 0.0493. The molecule has 5 heteroatoms. The third-order valence-corrected chi connectivity index (χ3v) is 3.15. The molecule has 1 aromatic rings. The molecule has 5 nitrogen and oxygen atoms in total. The SMILES string of the molecule is Nc1cc(C(=O)O)ccc1OC1CCCC(O)C1. The second kappa shape index (κ2) is 5.27. The number of aromatic carboxylic acids is 1. The molecule has 4 N–H and O–H groups in total. The highest BCUT2D eigenvalue weighted by Gasteiger charge is 2.22. The monoisotopic (exact) mass is 251 g/mol. The van der Waals surface area contributed by atoms with E-state index in [1.165, 1.54) is 12.1 Å². The zero-order valence-corrected chi connectivity index (χ0v) is 10.0. The van der Waals surface area contributed by atoms with E-state index in [1.54, 1.807) is 6.07 Å². The Morgan fingerprint density at radius 1 is 1.39 bits per heavy atom. The third-order valence-electron chi connectivity index (χ3n) is 3.15. The van der Waals surface area contributed by atoms with Gasteiger partial charge in [-0.25, -0.2) is 4.79 Å². The lowest BCUT2D eigenvalue weighted by molar-refractivity contribution is 0.0540. The quantitative estimate of drug-likeness (QED) is 0.710. The first-order valence-corrected chi connectivity index (χ1v) is 6.04. The number of anilines is 1. The molecule has 2 atom stereocenters. The molecule has 1 saturated carbocycles. The van der Waals surface area contributed by atoms with E-state index in [1.807, 2.05) is 0 Å². The van der Waals surface area contributed by atoms with Crippen LogP contribution in [0.15, 0.2) is 18.2 Å². The summed E-state index contributed by atoms with van der Waals surface area (Å²) in [6.07, 6.45) is 2.86. The summed E-state index contributed by atoms with van der Waals surface area (Å²) in [6.45, 7) is 0. The van der Waals surface area contributed by atoms with Crippen LogP contribution in [0.3, 0.4) is 0 Å². The van der Waals surface area contributed by atoms with Crippen molar-refractivity contribution in [1.29, 1.82) is 0 Å². The maximum absolute atomic E-state index is 10.8. The zero-order valence-electron chi connectivity index (χ0n) is 10.0. The van der Waals surface area contributed by atoms with Crippen molar-refractivity contribution in [2.75, 3.05) is 5.73 Å².